The molecule has 0 spiro atoms. The molecule has 0 aromatic heterocycles. The molecule has 0 unspecified atom stereocenters. The molecule has 1 heterocycles. The highest BCUT2D eigenvalue weighted by Gasteiger charge is 2.17. The van der Waals surface area contributed by atoms with Crippen LogP contribution >= 0.6 is 35.0 Å². The minimum Gasteiger partial charge on any atom is -0.378 e. The van der Waals surface area contributed by atoms with Crippen LogP contribution < -0.4 is 5.32 Å². The Balaban J connectivity index is 1.48. The van der Waals surface area contributed by atoms with Gasteiger partial charge in [-0.2, -0.15) is 0 Å². The summed E-state index contributed by atoms with van der Waals surface area (Å²) in [5.74, 6) is 0.171. The quantitative estimate of drug-likeness (QED) is 0.688. The monoisotopic (exact) mass is 438 g/mol. The number of carbonyl (C=O) groups excluding carboxylic acids is 2. The number of rotatable bonds is 6. The zero-order valence-electron chi connectivity index (χ0n) is 15.1. The highest BCUT2D eigenvalue weighted by atomic mass is 35.5. The number of morpholine rings is 1. The first-order valence-corrected chi connectivity index (χ1v) is 10.6. The number of thioether (sulfide) groups is 1. The van der Waals surface area contributed by atoms with E-state index in [0.717, 1.165) is 10.5 Å². The van der Waals surface area contributed by atoms with E-state index in [1.807, 2.05) is 17.0 Å². The summed E-state index contributed by atoms with van der Waals surface area (Å²) in [6, 6.07) is 12.5. The molecule has 0 saturated carbocycles. The fourth-order valence-corrected chi connectivity index (χ4v) is 4.03. The molecule has 1 aliphatic rings. The van der Waals surface area contributed by atoms with Gasteiger partial charge in [0.25, 0.3) is 0 Å². The first kappa shape index (κ1) is 21.0. The molecule has 5 nitrogen and oxygen atoms in total. The molecule has 0 radical (unpaired) electrons. The molecule has 1 N–H and O–H groups in total. The molecule has 3 rings (SSSR count). The second kappa shape index (κ2) is 10.2. The van der Waals surface area contributed by atoms with Crippen molar-refractivity contribution in [3.05, 3.63) is 58.1 Å². The summed E-state index contributed by atoms with van der Waals surface area (Å²) in [6.45, 7) is 2.47. The van der Waals surface area contributed by atoms with Crippen LogP contribution in [0.25, 0.3) is 0 Å². The number of hydrogen-bond donors (Lipinski definition) is 1. The lowest BCUT2D eigenvalue weighted by atomic mass is 10.1. The Morgan fingerprint density at radius 1 is 1.07 bits per heavy atom. The molecule has 2 amide bonds. The van der Waals surface area contributed by atoms with Crippen LogP contribution in [0, 0.1) is 0 Å². The minimum absolute atomic E-state index is 0.0925. The molecule has 2 aromatic rings. The first-order chi connectivity index (χ1) is 13.5. The first-order valence-electron chi connectivity index (χ1n) is 8.83. The lowest BCUT2D eigenvalue weighted by molar-refractivity contribution is -0.134. The lowest BCUT2D eigenvalue weighted by Crippen LogP contribution is -2.41. The van der Waals surface area contributed by atoms with Crippen molar-refractivity contribution in [2.45, 2.75) is 11.3 Å². The Morgan fingerprint density at radius 3 is 2.50 bits per heavy atom. The van der Waals surface area contributed by atoms with Gasteiger partial charge in [-0.3, -0.25) is 9.59 Å². The van der Waals surface area contributed by atoms with Crippen LogP contribution in [0.5, 0.6) is 0 Å². The van der Waals surface area contributed by atoms with Crippen molar-refractivity contribution in [2.24, 2.45) is 0 Å². The summed E-state index contributed by atoms with van der Waals surface area (Å²) in [6.07, 6.45) is 0.345. The number of nitrogens with one attached hydrogen (secondary N) is 1. The Kier molecular flexibility index (Phi) is 7.62. The van der Waals surface area contributed by atoms with Crippen molar-refractivity contribution in [1.82, 2.24) is 4.90 Å². The molecule has 1 aliphatic heterocycles. The molecule has 0 bridgehead atoms. The van der Waals surface area contributed by atoms with Crippen molar-refractivity contribution >= 4 is 52.5 Å². The number of ether oxygens (including phenoxy) is 1. The molecule has 148 valence electrons. The Labute approximate surface area is 178 Å². The number of benzene rings is 2. The molecule has 8 heteroatoms. The van der Waals surface area contributed by atoms with E-state index in [-0.39, 0.29) is 17.6 Å². The van der Waals surface area contributed by atoms with E-state index in [9.17, 15) is 9.59 Å². The van der Waals surface area contributed by atoms with Gasteiger partial charge in [0.05, 0.1) is 30.4 Å². The predicted molar refractivity (Wildman–Crippen MR) is 113 cm³/mol. The summed E-state index contributed by atoms with van der Waals surface area (Å²) in [5, 5.41) is 3.99. The van der Waals surface area contributed by atoms with Crippen LogP contribution in [0.1, 0.15) is 5.56 Å². The number of anilines is 1. The number of nitrogens with zero attached hydrogens (tertiary/aromatic N) is 1. The number of hydrogen-bond acceptors (Lipinski definition) is 4. The lowest BCUT2D eigenvalue weighted by Gasteiger charge is -2.26. The fourth-order valence-electron chi connectivity index (χ4n) is 2.73. The summed E-state index contributed by atoms with van der Waals surface area (Å²) >= 11 is 13.4. The van der Waals surface area contributed by atoms with Crippen LogP contribution in [-0.4, -0.2) is 48.8 Å². The molecule has 1 fully saturated rings. The van der Waals surface area contributed by atoms with Gasteiger partial charge in [0, 0.05) is 28.7 Å². The van der Waals surface area contributed by atoms with Gasteiger partial charge < -0.3 is 15.0 Å². The van der Waals surface area contributed by atoms with Gasteiger partial charge in [-0.15, -0.1) is 11.8 Å². The van der Waals surface area contributed by atoms with Crippen LogP contribution in [0.2, 0.25) is 10.0 Å². The van der Waals surface area contributed by atoms with Gasteiger partial charge in [0.15, 0.2) is 0 Å². The van der Waals surface area contributed by atoms with Gasteiger partial charge >= 0.3 is 0 Å². The standard InChI is InChI=1S/C20H20Cl2N2O3S/c21-15-3-6-17(22)18(12-15)28-13-19(25)23-16-4-1-14(2-5-16)11-20(26)24-7-9-27-10-8-24/h1-6,12H,7-11,13H2,(H,23,25). The van der Waals surface area contributed by atoms with E-state index < -0.39 is 0 Å². The Morgan fingerprint density at radius 2 is 1.79 bits per heavy atom. The highest BCUT2D eigenvalue weighted by molar-refractivity contribution is 8.00. The fraction of sp³-hybridized carbons (Fsp3) is 0.300. The van der Waals surface area contributed by atoms with Gasteiger partial charge in [0.1, 0.15) is 0 Å². The van der Waals surface area contributed by atoms with Gasteiger partial charge in [-0.05, 0) is 35.9 Å². The van der Waals surface area contributed by atoms with Crippen molar-refractivity contribution in [1.29, 1.82) is 0 Å². The Bertz CT molecular complexity index is 840. The zero-order valence-corrected chi connectivity index (χ0v) is 17.4. The predicted octanol–water partition coefficient (Wildman–Crippen LogP) is 4.13. The van der Waals surface area contributed by atoms with Crippen LogP contribution in [0.4, 0.5) is 5.69 Å². The third kappa shape index (κ3) is 6.14. The Hall–Kier alpha value is -1.73. The highest BCUT2D eigenvalue weighted by Crippen LogP contribution is 2.29. The molecular formula is C20H20Cl2N2O3S. The maximum Gasteiger partial charge on any atom is 0.234 e. The SMILES string of the molecule is O=C(CSc1cc(Cl)ccc1Cl)Nc1ccc(CC(=O)N2CCOCC2)cc1. The number of carbonyl (C=O) groups is 2. The molecule has 28 heavy (non-hydrogen) atoms. The average molecular weight is 439 g/mol. The van der Waals surface area contributed by atoms with Gasteiger partial charge in [-0.1, -0.05) is 35.3 Å². The molecule has 0 aliphatic carbocycles. The summed E-state index contributed by atoms with van der Waals surface area (Å²) in [7, 11) is 0. The second-order valence-corrected chi connectivity index (χ2v) is 8.14. The molecule has 0 atom stereocenters. The molecular weight excluding hydrogens is 419 g/mol. The van der Waals surface area contributed by atoms with E-state index in [2.05, 4.69) is 5.32 Å². The van der Waals surface area contributed by atoms with E-state index >= 15 is 0 Å². The van der Waals surface area contributed by atoms with E-state index in [0.29, 0.717) is 48.5 Å². The molecule has 2 aromatic carbocycles. The van der Waals surface area contributed by atoms with Gasteiger partial charge in [0.2, 0.25) is 11.8 Å². The maximum absolute atomic E-state index is 12.3. The van der Waals surface area contributed by atoms with Crippen molar-refractivity contribution < 1.29 is 14.3 Å². The minimum atomic E-state index is -0.141. The van der Waals surface area contributed by atoms with Crippen molar-refractivity contribution in [2.75, 3.05) is 37.4 Å². The zero-order chi connectivity index (χ0) is 19.9. The second-order valence-electron chi connectivity index (χ2n) is 6.28. The van der Waals surface area contributed by atoms with Crippen molar-refractivity contribution in [3.63, 3.8) is 0 Å². The largest absolute Gasteiger partial charge is 0.378 e. The maximum atomic E-state index is 12.3. The summed E-state index contributed by atoms with van der Waals surface area (Å²) in [4.78, 5) is 27.0. The van der Waals surface area contributed by atoms with Crippen LogP contribution in [0.3, 0.4) is 0 Å². The topological polar surface area (TPSA) is 58.6 Å². The molecule has 1 saturated heterocycles. The third-order valence-corrected chi connectivity index (χ3v) is 5.94. The summed E-state index contributed by atoms with van der Waals surface area (Å²) < 4.78 is 5.26. The average Bonchev–Trinajstić information content (AvgIpc) is 2.71. The van der Waals surface area contributed by atoms with Crippen LogP contribution in [0.15, 0.2) is 47.4 Å². The number of amides is 2. The third-order valence-electron chi connectivity index (χ3n) is 4.21. The smallest absolute Gasteiger partial charge is 0.234 e. The van der Waals surface area contributed by atoms with Crippen LogP contribution in [-0.2, 0) is 20.7 Å². The van der Waals surface area contributed by atoms with E-state index in [4.69, 9.17) is 27.9 Å². The normalized spacial score (nSPS) is 14.0. The number of halogens is 2. The van der Waals surface area contributed by atoms with Crippen molar-refractivity contribution in [3.8, 4) is 0 Å². The van der Waals surface area contributed by atoms with Gasteiger partial charge in [-0.25, -0.2) is 0 Å². The summed E-state index contributed by atoms with van der Waals surface area (Å²) in [5.41, 5.74) is 1.60. The van der Waals surface area contributed by atoms with E-state index in [1.54, 1.807) is 30.3 Å². The van der Waals surface area contributed by atoms with E-state index in [1.165, 1.54) is 11.8 Å².